The zero-order valence-corrected chi connectivity index (χ0v) is 22.2. The van der Waals surface area contributed by atoms with Gasteiger partial charge in [0.1, 0.15) is 17.3 Å². The first-order valence-electron chi connectivity index (χ1n) is 13.3. The number of para-hydroxylation sites is 2. The number of benzene rings is 4. The Balaban J connectivity index is 1.14. The summed E-state index contributed by atoms with van der Waals surface area (Å²) in [5.41, 5.74) is 5.37. The molecule has 1 aromatic heterocycles. The number of fused-ring (bicyclic) bond motifs is 1. The molecule has 0 bridgehead atoms. The minimum absolute atomic E-state index is 0.0109. The second kappa shape index (κ2) is 12.8. The highest BCUT2D eigenvalue weighted by molar-refractivity contribution is 5.79. The van der Waals surface area contributed by atoms with Crippen LogP contribution in [0.3, 0.4) is 0 Å². The average Bonchev–Trinajstić information content (AvgIpc) is 3.33. The normalized spacial score (nSPS) is 10.9. The Morgan fingerprint density at radius 2 is 1.59 bits per heavy atom. The first-order valence-corrected chi connectivity index (χ1v) is 13.3. The molecule has 6 nitrogen and oxygen atoms in total. The van der Waals surface area contributed by atoms with Gasteiger partial charge in [-0.15, -0.1) is 0 Å². The topological polar surface area (TPSA) is 65.4 Å². The number of carbonyl (C=O) groups is 1. The fourth-order valence-electron chi connectivity index (χ4n) is 4.68. The SMILES string of the molecule is COc1cccc(OCCCn2c(CCNC(=O)Cc3ccc(-c4ccccc4)cc3)nc3ccccc32)c1. The number of methoxy groups -OCH3 is 1. The summed E-state index contributed by atoms with van der Waals surface area (Å²) in [4.78, 5) is 17.5. The Labute approximate surface area is 229 Å². The maximum atomic E-state index is 12.6. The molecule has 0 saturated carbocycles. The number of hydrogen-bond donors (Lipinski definition) is 1. The van der Waals surface area contributed by atoms with Crippen LogP contribution in [0.15, 0.2) is 103 Å². The van der Waals surface area contributed by atoms with Crippen molar-refractivity contribution in [1.29, 1.82) is 0 Å². The highest BCUT2D eigenvalue weighted by Crippen LogP contribution is 2.21. The third-order valence-electron chi connectivity index (χ3n) is 6.67. The predicted molar refractivity (Wildman–Crippen MR) is 155 cm³/mol. The summed E-state index contributed by atoms with van der Waals surface area (Å²) >= 11 is 0. The van der Waals surface area contributed by atoms with Gasteiger partial charge in [0.05, 0.1) is 31.2 Å². The van der Waals surface area contributed by atoms with Crippen molar-refractivity contribution in [2.24, 2.45) is 0 Å². The van der Waals surface area contributed by atoms with Gasteiger partial charge in [0.15, 0.2) is 0 Å². The van der Waals surface area contributed by atoms with Crippen LogP contribution >= 0.6 is 0 Å². The number of aromatic nitrogens is 2. The van der Waals surface area contributed by atoms with Crippen LogP contribution in [-0.4, -0.2) is 35.7 Å². The molecule has 0 spiro atoms. The minimum Gasteiger partial charge on any atom is -0.497 e. The van der Waals surface area contributed by atoms with Crippen molar-refractivity contribution < 1.29 is 14.3 Å². The van der Waals surface area contributed by atoms with Crippen LogP contribution in [0.4, 0.5) is 0 Å². The first-order chi connectivity index (χ1) is 19.2. The largest absolute Gasteiger partial charge is 0.497 e. The van der Waals surface area contributed by atoms with E-state index in [-0.39, 0.29) is 5.91 Å². The van der Waals surface area contributed by atoms with Crippen molar-refractivity contribution in [2.75, 3.05) is 20.3 Å². The van der Waals surface area contributed by atoms with Crippen LogP contribution in [-0.2, 0) is 24.2 Å². The van der Waals surface area contributed by atoms with Crippen LogP contribution < -0.4 is 14.8 Å². The van der Waals surface area contributed by atoms with E-state index in [0.717, 1.165) is 52.4 Å². The molecule has 5 rings (SSSR count). The van der Waals surface area contributed by atoms with Crippen LogP contribution in [0, 0.1) is 0 Å². The van der Waals surface area contributed by atoms with Gasteiger partial charge >= 0.3 is 0 Å². The lowest BCUT2D eigenvalue weighted by atomic mass is 10.0. The Morgan fingerprint density at radius 3 is 2.41 bits per heavy atom. The van der Waals surface area contributed by atoms with E-state index < -0.39 is 0 Å². The molecule has 0 aliphatic rings. The van der Waals surface area contributed by atoms with E-state index in [9.17, 15) is 4.79 Å². The summed E-state index contributed by atoms with van der Waals surface area (Å²) in [7, 11) is 1.65. The van der Waals surface area contributed by atoms with Crippen LogP contribution in [0.25, 0.3) is 22.2 Å². The molecule has 1 heterocycles. The lowest BCUT2D eigenvalue weighted by molar-refractivity contribution is -0.120. The molecule has 1 amide bonds. The zero-order valence-electron chi connectivity index (χ0n) is 22.2. The number of imidazole rings is 1. The predicted octanol–water partition coefficient (Wildman–Crippen LogP) is 6.08. The molecule has 0 radical (unpaired) electrons. The zero-order chi connectivity index (χ0) is 26.9. The minimum atomic E-state index is 0.0109. The Bertz CT molecular complexity index is 1510. The van der Waals surface area contributed by atoms with E-state index in [1.54, 1.807) is 7.11 Å². The van der Waals surface area contributed by atoms with Crippen LogP contribution in [0.5, 0.6) is 11.5 Å². The molecule has 39 heavy (non-hydrogen) atoms. The summed E-state index contributed by atoms with van der Waals surface area (Å²) in [6.07, 6.45) is 1.84. The number of nitrogens with zero attached hydrogens (tertiary/aromatic N) is 2. The number of nitrogens with one attached hydrogen (secondary N) is 1. The van der Waals surface area contributed by atoms with Gasteiger partial charge in [-0.2, -0.15) is 0 Å². The van der Waals surface area contributed by atoms with Gasteiger partial charge in [0, 0.05) is 25.6 Å². The number of hydrogen-bond acceptors (Lipinski definition) is 4. The molecular weight excluding hydrogens is 486 g/mol. The standard InChI is InChI=1S/C33H33N3O3/c1-38-28-11-7-12-29(24-28)39-22-8-21-36-31-14-6-5-13-30(31)35-32(36)19-20-34-33(37)23-25-15-17-27(18-16-25)26-9-3-2-4-10-26/h2-7,9-18,24H,8,19-23H2,1H3,(H,34,37). The number of rotatable bonds is 12. The first kappa shape index (κ1) is 26.0. The molecule has 0 saturated heterocycles. The van der Waals surface area contributed by atoms with Crippen LogP contribution in [0.2, 0.25) is 0 Å². The fraction of sp³-hybridized carbons (Fsp3) is 0.212. The second-order valence-electron chi connectivity index (χ2n) is 9.39. The smallest absolute Gasteiger partial charge is 0.224 e. The summed E-state index contributed by atoms with van der Waals surface area (Å²) in [6.45, 7) is 1.89. The molecule has 4 aromatic carbocycles. The lowest BCUT2D eigenvalue weighted by Crippen LogP contribution is -2.28. The highest BCUT2D eigenvalue weighted by Gasteiger charge is 2.11. The molecule has 198 valence electrons. The molecule has 5 aromatic rings. The van der Waals surface area contributed by atoms with Gasteiger partial charge in [0.2, 0.25) is 5.91 Å². The van der Waals surface area contributed by atoms with Gasteiger partial charge in [-0.3, -0.25) is 4.79 Å². The average molecular weight is 520 g/mol. The summed E-state index contributed by atoms with van der Waals surface area (Å²) in [5.74, 6) is 2.55. The summed E-state index contributed by atoms with van der Waals surface area (Å²) < 4.78 is 13.4. The van der Waals surface area contributed by atoms with Gasteiger partial charge in [-0.1, -0.05) is 72.8 Å². The van der Waals surface area contributed by atoms with E-state index >= 15 is 0 Å². The summed E-state index contributed by atoms with van der Waals surface area (Å²) in [6, 6.07) is 34.2. The number of carbonyl (C=O) groups excluding carboxylic acids is 1. The number of amides is 1. The number of aryl methyl sites for hydroxylation is 1. The van der Waals surface area contributed by atoms with E-state index in [0.29, 0.717) is 26.0 Å². The summed E-state index contributed by atoms with van der Waals surface area (Å²) in [5, 5.41) is 3.07. The Kier molecular flexibility index (Phi) is 8.54. The van der Waals surface area contributed by atoms with E-state index in [1.807, 2.05) is 72.8 Å². The maximum absolute atomic E-state index is 12.6. The second-order valence-corrected chi connectivity index (χ2v) is 9.39. The third kappa shape index (κ3) is 6.85. The molecule has 1 N–H and O–H groups in total. The van der Waals surface area contributed by atoms with Crippen molar-refractivity contribution in [3.8, 4) is 22.6 Å². The Hall–Kier alpha value is -4.58. The van der Waals surface area contributed by atoms with E-state index in [4.69, 9.17) is 14.5 Å². The van der Waals surface area contributed by atoms with Gasteiger partial charge in [-0.25, -0.2) is 4.98 Å². The van der Waals surface area contributed by atoms with Crippen molar-refractivity contribution in [3.05, 3.63) is 115 Å². The fourth-order valence-corrected chi connectivity index (χ4v) is 4.68. The number of ether oxygens (including phenoxy) is 2. The molecule has 6 heteroatoms. The molecule has 0 fully saturated rings. The molecular formula is C33H33N3O3. The van der Waals surface area contributed by atoms with Crippen molar-refractivity contribution in [1.82, 2.24) is 14.9 Å². The molecule has 0 aliphatic heterocycles. The van der Waals surface area contributed by atoms with Crippen molar-refractivity contribution >= 4 is 16.9 Å². The lowest BCUT2D eigenvalue weighted by Gasteiger charge is -2.11. The van der Waals surface area contributed by atoms with Gasteiger partial charge in [0.25, 0.3) is 0 Å². The van der Waals surface area contributed by atoms with Crippen molar-refractivity contribution in [2.45, 2.75) is 25.8 Å². The quantitative estimate of drug-likeness (QED) is 0.203. The maximum Gasteiger partial charge on any atom is 0.224 e. The molecule has 0 aliphatic carbocycles. The monoisotopic (exact) mass is 519 g/mol. The van der Waals surface area contributed by atoms with Gasteiger partial charge in [-0.05, 0) is 47.4 Å². The van der Waals surface area contributed by atoms with Crippen LogP contribution in [0.1, 0.15) is 17.8 Å². The van der Waals surface area contributed by atoms with Gasteiger partial charge < -0.3 is 19.4 Å². The van der Waals surface area contributed by atoms with Crippen molar-refractivity contribution in [3.63, 3.8) is 0 Å². The Morgan fingerprint density at radius 1 is 0.846 bits per heavy atom. The van der Waals surface area contributed by atoms with E-state index in [2.05, 4.69) is 40.2 Å². The van der Waals surface area contributed by atoms with E-state index in [1.165, 1.54) is 5.56 Å². The molecule has 0 unspecified atom stereocenters. The molecule has 0 atom stereocenters. The highest BCUT2D eigenvalue weighted by atomic mass is 16.5. The third-order valence-corrected chi connectivity index (χ3v) is 6.67.